The van der Waals surface area contributed by atoms with Gasteiger partial charge in [-0.3, -0.25) is 0 Å². The van der Waals surface area contributed by atoms with Gasteiger partial charge in [-0.1, -0.05) is 23.2 Å². The van der Waals surface area contributed by atoms with Gasteiger partial charge in [-0.15, -0.1) is 0 Å². The van der Waals surface area contributed by atoms with E-state index in [0.29, 0.717) is 5.02 Å². The van der Waals surface area contributed by atoms with Crippen molar-refractivity contribution in [1.29, 1.82) is 0 Å². The molecule has 0 aromatic heterocycles. The van der Waals surface area contributed by atoms with Crippen LogP contribution >= 0.6 is 23.2 Å². The Balaban J connectivity index is 3.37. The first kappa shape index (κ1) is 11.1. The first-order valence-electron chi connectivity index (χ1n) is 3.72. The van der Waals surface area contributed by atoms with Crippen molar-refractivity contribution in [2.45, 2.75) is 0 Å². The lowest BCUT2D eigenvalue weighted by Crippen LogP contribution is -2.05. The third-order valence-corrected chi connectivity index (χ3v) is 2.27. The Bertz CT molecular complexity index is 363. The normalized spacial score (nSPS) is 9.71. The Hall–Kier alpha value is -0.930. The van der Waals surface area contributed by atoms with Crippen LogP contribution in [0.4, 0.5) is 0 Å². The molecule has 14 heavy (non-hydrogen) atoms. The van der Waals surface area contributed by atoms with Gasteiger partial charge < -0.3 is 9.47 Å². The standard InChI is InChI=1S/C9H8Cl2O3/c1-13-8-6(11)4-3-5(10)7(8)9(12)14-2/h3-4H,1-2H3. The lowest BCUT2D eigenvalue weighted by Gasteiger charge is -2.09. The van der Waals surface area contributed by atoms with Gasteiger partial charge in [-0.25, -0.2) is 4.79 Å². The molecule has 0 radical (unpaired) electrons. The first-order valence-corrected chi connectivity index (χ1v) is 4.47. The molecule has 0 N–H and O–H groups in total. The van der Waals surface area contributed by atoms with Crippen molar-refractivity contribution in [3.05, 3.63) is 27.7 Å². The largest absolute Gasteiger partial charge is 0.494 e. The topological polar surface area (TPSA) is 35.5 Å². The van der Waals surface area contributed by atoms with Gasteiger partial charge in [0.15, 0.2) is 5.75 Å². The molecule has 0 amide bonds. The summed E-state index contributed by atoms with van der Waals surface area (Å²) in [4.78, 5) is 11.3. The Labute approximate surface area is 91.5 Å². The van der Waals surface area contributed by atoms with Gasteiger partial charge in [0, 0.05) is 0 Å². The van der Waals surface area contributed by atoms with E-state index in [2.05, 4.69) is 4.74 Å². The summed E-state index contributed by atoms with van der Waals surface area (Å²) in [6.45, 7) is 0. The molecule has 3 nitrogen and oxygen atoms in total. The number of ether oxygens (including phenoxy) is 2. The molecule has 0 aliphatic carbocycles. The molecular weight excluding hydrogens is 227 g/mol. The molecule has 76 valence electrons. The van der Waals surface area contributed by atoms with E-state index in [0.717, 1.165) is 0 Å². The molecule has 0 heterocycles. The van der Waals surface area contributed by atoms with E-state index in [1.807, 2.05) is 0 Å². The second-order valence-electron chi connectivity index (χ2n) is 2.43. The summed E-state index contributed by atoms with van der Waals surface area (Å²) in [7, 11) is 2.67. The van der Waals surface area contributed by atoms with Crippen molar-refractivity contribution >= 4 is 29.2 Å². The maximum atomic E-state index is 11.3. The van der Waals surface area contributed by atoms with Crippen LogP contribution in [0, 0.1) is 0 Å². The van der Waals surface area contributed by atoms with E-state index in [1.165, 1.54) is 20.3 Å². The van der Waals surface area contributed by atoms with Crippen molar-refractivity contribution in [3.8, 4) is 5.75 Å². The molecular formula is C9H8Cl2O3. The van der Waals surface area contributed by atoms with Crippen molar-refractivity contribution in [2.24, 2.45) is 0 Å². The number of carbonyl (C=O) groups is 1. The van der Waals surface area contributed by atoms with Crippen LogP contribution in [0.3, 0.4) is 0 Å². The summed E-state index contributed by atoms with van der Waals surface area (Å²) in [5.41, 5.74) is 0.143. The van der Waals surface area contributed by atoms with Crippen LogP contribution in [-0.4, -0.2) is 20.2 Å². The highest BCUT2D eigenvalue weighted by molar-refractivity contribution is 6.37. The molecule has 5 heteroatoms. The van der Waals surface area contributed by atoms with Crippen LogP contribution in [0.5, 0.6) is 5.75 Å². The molecule has 1 aromatic carbocycles. The minimum absolute atomic E-state index is 0.143. The Morgan fingerprint density at radius 2 is 1.79 bits per heavy atom. The molecule has 0 saturated carbocycles. The predicted octanol–water partition coefficient (Wildman–Crippen LogP) is 2.79. The second-order valence-corrected chi connectivity index (χ2v) is 3.24. The van der Waals surface area contributed by atoms with Gasteiger partial charge in [0.05, 0.1) is 24.3 Å². The van der Waals surface area contributed by atoms with E-state index in [1.54, 1.807) is 6.07 Å². The van der Waals surface area contributed by atoms with E-state index in [-0.39, 0.29) is 16.3 Å². The number of hydrogen-bond donors (Lipinski definition) is 0. The maximum absolute atomic E-state index is 11.3. The van der Waals surface area contributed by atoms with Crippen molar-refractivity contribution < 1.29 is 14.3 Å². The summed E-state index contributed by atoms with van der Waals surface area (Å²) in [5.74, 6) is -0.347. The summed E-state index contributed by atoms with van der Waals surface area (Å²) in [5, 5.41) is 0.565. The maximum Gasteiger partial charge on any atom is 0.343 e. The zero-order chi connectivity index (χ0) is 10.7. The molecule has 0 bridgehead atoms. The fraction of sp³-hybridized carbons (Fsp3) is 0.222. The van der Waals surface area contributed by atoms with E-state index < -0.39 is 5.97 Å². The molecule has 1 aromatic rings. The number of halogens is 2. The van der Waals surface area contributed by atoms with Crippen LogP contribution in [0.15, 0.2) is 12.1 Å². The zero-order valence-corrected chi connectivity index (χ0v) is 9.15. The van der Waals surface area contributed by atoms with E-state index in [4.69, 9.17) is 27.9 Å². The number of benzene rings is 1. The van der Waals surface area contributed by atoms with E-state index in [9.17, 15) is 4.79 Å². The molecule has 1 rings (SSSR count). The van der Waals surface area contributed by atoms with Gasteiger partial charge in [-0.2, -0.15) is 0 Å². The van der Waals surface area contributed by atoms with E-state index >= 15 is 0 Å². The number of hydrogen-bond acceptors (Lipinski definition) is 3. The summed E-state index contributed by atoms with van der Waals surface area (Å²) in [6, 6.07) is 3.06. The fourth-order valence-corrected chi connectivity index (χ4v) is 1.49. The summed E-state index contributed by atoms with van der Waals surface area (Å²) >= 11 is 11.6. The van der Waals surface area contributed by atoms with Gasteiger partial charge in [0.25, 0.3) is 0 Å². The lowest BCUT2D eigenvalue weighted by molar-refractivity contribution is 0.0597. The number of esters is 1. The molecule has 0 unspecified atom stereocenters. The Kier molecular flexibility index (Phi) is 3.61. The van der Waals surface area contributed by atoms with Crippen LogP contribution in [0.25, 0.3) is 0 Å². The molecule has 0 aliphatic heterocycles. The minimum atomic E-state index is -0.575. The van der Waals surface area contributed by atoms with Gasteiger partial charge in [0.2, 0.25) is 0 Å². The molecule has 0 saturated heterocycles. The smallest absolute Gasteiger partial charge is 0.343 e. The number of carbonyl (C=O) groups excluding carboxylic acids is 1. The minimum Gasteiger partial charge on any atom is -0.494 e. The predicted molar refractivity (Wildman–Crippen MR) is 54.4 cm³/mol. The highest BCUT2D eigenvalue weighted by Crippen LogP contribution is 2.34. The van der Waals surface area contributed by atoms with Gasteiger partial charge >= 0.3 is 5.97 Å². The van der Waals surface area contributed by atoms with Crippen molar-refractivity contribution in [2.75, 3.05) is 14.2 Å². The van der Waals surface area contributed by atoms with Crippen LogP contribution < -0.4 is 4.74 Å². The molecule has 0 fully saturated rings. The average Bonchev–Trinajstić information content (AvgIpc) is 2.19. The SMILES string of the molecule is COC(=O)c1c(Cl)ccc(Cl)c1OC. The third-order valence-electron chi connectivity index (χ3n) is 1.65. The lowest BCUT2D eigenvalue weighted by atomic mass is 10.2. The monoisotopic (exact) mass is 234 g/mol. The number of methoxy groups -OCH3 is 2. The van der Waals surface area contributed by atoms with Crippen LogP contribution in [-0.2, 0) is 4.74 Å². The Morgan fingerprint density at radius 3 is 2.29 bits per heavy atom. The van der Waals surface area contributed by atoms with Crippen LogP contribution in [0.2, 0.25) is 10.0 Å². The van der Waals surface area contributed by atoms with Gasteiger partial charge in [0.1, 0.15) is 5.56 Å². The summed E-state index contributed by atoms with van der Waals surface area (Å²) in [6.07, 6.45) is 0. The number of rotatable bonds is 2. The van der Waals surface area contributed by atoms with Crippen molar-refractivity contribution in [3.63, 3.8) is 0 Å². The molecule has 0 aliphatic rings. The highest BCUT2D eigenvalue weighted by Gasteiger charge is 2.19. The highest BCUT2D eigenvalue weighted by atomic mass is 35.5. The quantitative estimate of drug-likeness (QED) is 0.739. The molecule has 0 spiro atoms. The Morgan fingerprint density at radius 1 is 1.21 bits per heavy atom. The van der Waals surface area contributed by atoms with Crippen LogP contribution in [0.1, 0.15) is 10.4 Å². The fourth-order valence-electron chi connectivity index (χ4n) is 1.03. The zero-order valence-electron chi connectivity index (χ0n) is 7.64. The third kappa shape index (κ3) is 1.94. The summed E-state index contributed by atoms with van der Waals surface area (Å²) < 4.78 is 9.52. The first-order chi connectivity index (χ1) is 6.61. The van der Waals surface area contributed by atoms with Crippen molar-refractivity contribution in [1.82, 2.24) is 0 Å². The van der Waals surface area contributed by atoms with Gasteiger partial charge in [-0.05, 0) is 12.1 Å². The second kappa shape index (κ2) is 4.53. The molecule has 0 atom stereocenters. The average molecular weight is 235 g/mol.